The highest BCUT2D eigenvalue weighted by atomic mass is 127. The fraction of sp³-hybridized carbons (Fsp3) is 0.318. The van der Waals surface area contributed by atoms with E-state index in [9.17, 15) is 0 Å². The number of hydrogen-bond donors (Lipinski definition) is 3. The van der Waals surface area contributed by atoms with Crippen LogP contribution in [0.4, 0.5) is 0 Å². The molecule has 0 saturated carbocycles. The molecule has 1 unspecified atom stereocenters. The van der Waals surface area contributed by atoms with Crippen molar-refractivity contribution in [1.82, 2.24) is 15.6 Å². The zero-order chi connectivity index (χ0) is 19.1. The number of guanidine groups is 1. The van der Waals surface area contributed by atoms with Gasteiger partial charge in [-0.05, 0) is 36.1 Å². The van der Waals surface area contributed by atoms with E-state index in [1.54, 1.807) is 14.2 Å². The molecule has 1 heterocycles. The number of nitrogens with zero attached hydrogens (tertiary/aromatic N) is 1. The Morgan fingerprint density at radius 2 is 1.93 bits per heavy atom. The number of benzene rings is 2. The molecule has 1 atom stereocenters. The molecule has 150 valence electrons. The first-order valence-electron chi connectivity index (χ1n) is 9.30. The van der Waals surface area contributed by atoms with Crippen molar-refractivity contribution in [3.05, 3.63) is 71.4 Å². The number of hydrogen-bond acceptors (Lipinski definition) is 2. The third-order valence-corrected chi connectivity index (χ3v) is 4.74. The molecule has 3 rings (SSSR count). The van der Waals surface area contributed by atoms with Crippen LogP contribution in [0.25, 0.3) is 10.9 Å². The summed E-state index contributed by atoms with van der Waals surface area (Å²) < 4.78 is 5.60. The van der Waals surface area contributed by atoms with E-state index >= 15 is 0 Å². The van der Waals surface area contributed by atoms with Crippen LogP contribution in [0.2, 0.25) is 0 Å². The van der Waals surface area contributed by atoms with Crippen LogP contribution in [0.5, 0.6) is 0 Å². The van der Waals surface area contributed by atoms with Crippen LogP contribution >= 0.6 is 24.0 Å². The van der Waals surface area contributed by atoms with Gasteiger partial charge < -0.3 is 20.4 Å². The molecular weight excluding hydrogens is 463 g/mol. The summed E-state index contributed by atoms with van der Waals surface area (Å²) in [6.45, 7) is 3.58. The smallest absolute Gasteiger partial charge is 0.191 e. The highest BCUT2D eigenvalue weighted by Gasteiger charge is 2.11. The van der Waals surface area contributed by atoms with E-state index in [0.717, 1.165) is 24.5 Å². The Kier molecular flexibility index (Phi) is 8.79. The molecule has 0 spiro atoms. The molecule has 0 saturated heterocycles. The van der Waals surface area contributed by atoms with Gasteiger partial charge in [0.1, 0.15) is 0 Å². The number of aromatic nitrogens is 1. The second-order valence-electron chi connectivity index (χ2n) is 6.63. The first-order valence-corrected chi connectivity index (χ1v) is 9.30. The molecule has 1 aromatic heterocycles. The molecule has 5 nitrogen and oxygen atoms in total. The number of fused-ring (bicyclic) bond motifs is 1. The second kappa shape index (κ2) is 11.1. The zero-order valence-corrected chi connectivity index (χ0v) is 19.0. The molecular formula is C22H29IN4O. The topological polar surface area (TPSA) is 61.4 Å². The third kappa shape index (κ3) is 5.72. The van der Waals surface area contributed by atoms with Crippen LogP contribution in [0.3, 0.4) is 0 Å². The van der Waals surface area contributed by atoms with Crippen molar-refractivity contribution in [2.24, 2.45) is 4.99 Å². The summed E-state index contributed by atoms with van der Waals surface area (Å²) in [5, 5.41) is 8.02. The van der Waals surface area contributed by atoms with E-state index in [1.165, 1.54) is 22.0 Å². The van der Waals surface area contributed by atoms with Gasteiger partial charge in [0, 0.05) is 44.3 Å². The minimum Gasteiger partial charge on any atom is -0.375 e. The first-order chi connectivity index (χ1) is 13.2. The Labute approximate surface area is 184 Å². The lowest BCUT2D eigenvalue weighted by molar-refractivity contribution is 0.106. The van der Waals surface area contributed by atoms with Gasteiger partial charge in [0.15, 0.2) is 5.96 Å². The quantitative estimate of drug-likeness (QED) is 0.264. The number of aryl methyl sites for hydroxylation is 1. The van der Waals surface area contributed by atoms with Gasteiger partial charge in [-0.2, -0.15) is 0 Å². The van der Waals surface area contributed by atoms with E-state index in [4.69, 9.17) is 4.74 Å². The molecule has 28 heavy (non-hydrogen) atoms. The van der Waals surface area contributed by atoms with Gasteiger partial charge >= 0.3 is 0 Å². The molecule has 0 fully saturated rings. The van der Waals surface area contributed by atoms with Crippen LogP contribution in [0, 0.1) is 6.92 Å². The lowest BCUT2D eigenvalue weighted by Crippen LogP contribution is -2.40. The molecule has 0 bridgehead atoms. The number of H-pyrrole nitrogens is 1. The van der Waals surface area contributed by atoms with Crippen molar-refractivity contribution >= 4 is 40.8 Å². The summed E-state index contributed by atoms with van der Waals surface area (Å²) in [5.74, 6) is 0.781. The van der Waals surface area contributed by atoms with Crippen LogP contribution < -0.4 is 10.6 Å². The van der Waals surface area contributed by atoms with Gasteiger partial charge in [0.25, 0.3) is 0 Å². The summed E-state index contributed by atoms with van der Waals surface area (Å²) in [6.07, 6.45) is 3.01. The number of methoxy groups -OCH3 is 1. The number of ether oxygens (including phenoxy) is 1. The SMILES string of the molecule is CN=C(NCCc1c[nH]c2cc(C)ccc12)NCC(OC)c1ccccc1.I. The summed E-state index contributed by atoms with van der Waals surface area (Å²) in [5.41, 5.74) is 4.92. The fourth-order valence-corrected chi connectivity index (χ4v) is 3.24. The lowest BCUT2D eigenvalue weighted by Gasteiger charge is -2.18. The monoisotopic (exact) mass is 492 g/mol. The molecule has 3 aromatic rings. The summed E-state index contributed by atoms with van der Waals surface area (Å²) >= 11 is 0. The normalized spacial score (nSPS) is 12.5. The van der Waals surface area contributed by atoms with Crippen LogP contribution in [0.1, 0.15) is 22.8 Å². The predicted molar refractivity (Wildman–Crippen MR) is 128 cm³/mol. The summed E-state index contributed by atoms with van der Waals surface area (Å²) in [7, 11) is 3.52. The molecule has 3 N–H and O–H groups in total. The van der Waals surface area contributed by atoms with Crippen molar-refractivity contribution in [3.8, 4) is 0 Å². The number of aliphatic imine (C=N–C) groups is 1. The largest absolute Gasteiger partial charge is 0.375 e. The molecule has 0 aliphatic carbocycles. The van der Waals surface area contributed by atoms with Gasteiger partial charge in [-0.15, -0.1) is 24.0 Å². The Morgan fingerprint density at radius 3 is 2.64 bits per heavy atom. The molecule has 2 aromatic carbocycles. The van der Waals surface area contributed by atoms with Crippen molar-refractivity contribution in [2.45, 2.75) is 19.4 Å². The number of halogens is 1. The van der Waals surface area contributed by atoms with Gasteiger partial charge in [0.2, 0.25) is 0 Å². The van der Waals surface area contributed by atoms with Crippen LogP contribution in [-0.2, 0) is 11.2 Å². The minimum absolute atomic E-state index is 0. The van der Waals surface area contributed by atoms with Crippen molar-refractivity contribution in [3.63, 3.8) is 0 Å². The zero-order valence-electron chi connectivity index (χ0n) is 16.7. The molecule has 0 amide bonds. The maximum Gasteiger partial charge on any atom is 0.191 e. The van der Waals surface area contributed by atoms with Crippen LogP contribution in [-0.4, -0.2) is 38.2 Å². The first kappa shape index (κ1) is 22.2. The molecule has 0 aliphatic heterocycles. The maximum atomic E-state index is 5.60. The number of nitrogens with one attached hydrogen (secondary N) is 3. The Bertz CT molecular complexity index is 892. The summed E-state index contributed by atoms with van der Waals surface area (Å²) in [6, 6.07) is 16.7. The van der Waals surface area contributed by atoms with Crippen LogP contribution in [0.15, 0.2) is 59.7 Å². The fourth-order valence-electron chi connectivity index (χ4n) is 3.24. The highest BCUT2D eigenvalue weighted by molar-refractivity contribution is 14.0. The van der Waals surface area contributed by atoms with E-state index in [1.807, 2.05) is 18.2 Å². The average Bonchev–Trinajstić information content (AvgIpc) is 3.09. The van der Waals surface area contributed by atoms with Crippen molar-refractivity contribution < 1.29 is 4.74 Å². The average molecular weight is 492 g/mol. The van der Waals surface area contributed by atoms with Gasteiger partial charge in [0.05, 0.1) is 6.10 Å². The highest BCUT2D eigenvalue weighted by Crippen LogP contribution is 2.19. The van der Waals surface area contributed by atoms with Crippen molar-refractivity contribution in [1.29, 1.82) is 0 Å². The Hall–Kier alpha value is -2.06. The molecule has 6 heteroatoms. The minimum atomic E-state index is -0.0124. The van der Waals surface area contributed by atoms with E-state index in [-0.39, 0.29) is 30.1 Å². The number of rotatable bonds is 7. The molecule has 0 radical (unpaired) electrons. The van der Waals surface area contributed by atoms with Gasteiger partial charge in [-0.25, -0.2) is 0 Å². The number of aromatic amines is 1. The van der Waals surface area contributed by atoms with Crippen molar-refractivity contribution in [2.75, 3.05) is 27.2 Å². The van der Waals surface area contributed by atoms with E-state index < -0.39 is 0 Å². The van der Waals surface area contributed by atoms with E-state index in [0.29, 0.717) is 6.54 Å². The van der Waals surface area contributed by atoms with E-state index in [2.05, 4.69) is 64.1 Å². The third-order valence-electron chi connectivity index (χ3n) is 4.74. The molecule has 0 aliphatic rings. The Balaban J connectivity index is 0.00000280. The second-order valence-corrected chi connectivity index (χ2v) is 6.63. The maximum absolute atomic E-state index is 5.60. The van der Waals surface area contributed by atoms with Gasteiger partial charge in [-0.1, -0.05) is 42.5 Å². The predicted octanol–water partition coefficient (Wildman–Crippen LogP) is 4.19. The Morgan fingerprint density at radius 1 is 1.14 bits per heavy atom. The summed E-state index contributed by atoms with van der Waals surface area (Å²) in [4.78, 5) is 7.67. The van der Waals surface area contributed by atoms with Gasteiger partial charge in [-0.3, -0.25) is 4.99 Å². The lowest BCUT2D eigenvalue weighted by atomic mass is 10.1. The standard InChI is InChI=1S/C22H28N4O.HI/c1-16-9-10-19-18(14-25-20(19)13-16)11-12-24-22(23-2)26-15-21(27-3)17-7-5-4-6-8-17;/h4-10,13-14,21,25H,11-12,15H2,1-3H3,(H2,23,24,26);1H.